The first-order valence-electron chi connectivity index (χ1n) is 11.7. The van der Waals surface area contributed by atoms with Crippen molar-refractivity contribution in [3.63, 3.8) is 0 Å². The summed E-state index contributed by atoms with van der Waals surface area (Å²) in [6, 6.07) is 18.0. The number of esters is 1. The van der Waals surface area contributed by atoms with Gasteiger partial charge in [-0.1, -0.05) is 36.4 Å². The number of hydrogen-bond acceptors (Lipinski definition) is 6. The van der Waals surface area contributed by atoms with E-state index in [-0.39, 0.29) is 17.5 Å². The third-order valence-electron chi connectivity index (χ3n) is 5.91. The van der Waals surface area contributed by atoms with Crippen LogP contribution in [0.25, 0.3) is 22.3 Å². The molecule has 182 valence electrons. The Kier molecular flexibility index (Phi) is 6.20. The van der Waals surface area contributed by atoms with Gasteiger partial charge in [-0.15, -0.1) is 0 Å². The molecule has 4 aromatic rings. The van der Waals surface area contributed by atoms with E-state index in [0.717, 1.165) is 18.4 Å². The maximum absolute atomic E-state index is 13.1. The van der Waals surface area contributed by atoms with Crippen molar-refractivity contribution in [2.24, 2.45) is 7.05 Å². The number of anilines is 1. The molecule has 36 heavy (non-hydrogen) atoms. The number of aromatic nitrogens is 3. The molecule has 5 rings (SSSR count). The van der Waals surface area contributed by atoms with Gasteiger partial charge in [0.25, 0.3) is 11.8 Å². The lowest BCUT2D eigenvalue weighted by Crippen LogP contribution is -2.25. The number of amides is 2. The maximum atomic E-state index is 13.1. The first-order chi connectivity index (χ1) is 17.4. The Morgan fingerprint density at radius 3 is 2.58 bits per heavy atom. The number of pyridine rings is 1. The van der Waals surface area contributed by atoms with Crippen LogP contribution in [0.15, 0.2) is 60.7 Å². The topological polar surface area (TPSA) is 115 Å². The molecule has 0 bridgehead atoms. The number of hydrogen-bond donors (Lipinski definition) is 2. The summed E-state index contributed by atoms with van der Waals surface area (Å²) in [5.41, 5.74) is 3.82. The number of rotatable bonds is 7. The van der Waals surface area contributed by atoms with Crippen molar-refractivity contribution in [1.82, 2.24) is 20.1 Å². The van der Waals surface area contributed by atoms with Gasteiger partial charge in [0.1, 0.15) is 0 Å². The molecule has 2 N–H and O–H groups in total. The van der Waals surface area contributed by atoms with E-state index in [2.05, 4.69) is 20.7 Å². The zero-order chi connectivity index (χ0) is 25.2. The van der Waals surface area contributed by atoms with Crippen LogP contribution in [0.1, 0.15) is 39.3 Å². The average molecular weight is 484 g/mol. The van der Waals surface area contributed by atoms with Gasteiger partial charge in [-0.05, 0) is 44.0 Å². The third-order valence-corrected chi connectivity index (χ3v) is 5.91. The van der Waals surface area contributed by atoms with Gasteiger partial charge in [0.2, 0.25) is 0 Å². The molecule has 0 unspecified atom stereocenters. The highest BCUT2D eigenvalue weighted by Gasteiger charge is 2.24. The van der Waals surface area contributed by atoms with E-state index in [1.165, 1.54) is 0 Å². The van der Waals surface area contributed by atoms with E-state index < -0.39 is 18.5 Å². The van der Waals surface area contributed by atoms with E-state index >= 15 is 0 Å². The van der Waals surface area contributed by atoms with Crippen molar-refractivity contribution in [3.8, 4) is 11.3 Å². The van der Waals surface area contributed by atoms with E-state index in [1.807, 2.05) is 30.3 Å². The highest BCUT2D eigenvalue weighted by molar-refractivity contribution is 6.06. The smallest absolute Gasteiger partial charge is 0.339 e. The first kappa shape index (κ1) is 23.2. The quantitative estimate of drug-likeness (QED) is 0.388. The highest BCUT2D eigenvalue weighted by Crippen LogP contribution is 2.27. The Morgan fingerprint density at radius 1 is 1.06 bits per heavy atom. The maximum Gasteiger partial charge on any atom is 0.339 e. The van der Waals surface area contributed by atoms with E-state index in [1.54, 1.807) is 49.0 Å². The van der Waals surface area contributed by atoms with Crippen LogP contribution in [0.2, 0.25) is 0 Å². The van der Waals surface area contributed by atoms with Crippen LogP contribution in [-0.4, -0.2) is 45.2 Å². The van der Waals surface area contributed by atoms with Crippen LogP contribution in [-0.2, 0) is 16.6 Å². The lowest BCUT2D eigenvalue weighted by molar-refractivity contribution is -0.119. The van der Waals surface area contributed by atoms with Crippen molar-refractivity contribution in [2.75, 3.05) is 11.9 Å². The summed E-state index contributed by atoms with van der Waals surface area (Å²) in [7, 11) is 1.76. The van der Waals surface area contributed by atoms with Gasteiger partial charge in [-0.3, -0.25) is 14.3 Å². The molecule has 2 aromatic carbocycles. The number of carbonyl (C=O) groups is 3. The van der Waals surface area contributed by atoms with Gasteiger partial charge in [0.15, 0.2) is 12.3 Å². The summed E-state index contributed by atoms with van der Waals surface area (Å²) < 4.78 is 6.99. The summed E-state index contributed by atoms with van der Waals surface area (Å²) in [5.74, 6) is -1.34. The lowest BCUT2D eigenvalue weighted by atomic mass is 10.1. The summed E-state index contributed by atoms with van der Waals surface area (Å²) in [5, 5.41) is 10.6. The van der Waals surface area contributed by atoms with Crippen molar-refractivity contribution in [1.29, 1.82) is 0 Å². The zero-order valence-corrected chi connectivity index (χ0v) is 19.9. The standard InChI is InChI=1S/C27H25N5O4/c1-16-24-21(14-22(17-7-4-3-5-8-17)30-25(24)32(2)31-16)27(35)36-15-23(33)28-20-10-6-9-18(13-20)26(34)29-19-11-12-19/h3-10,13-14,19H,11-12,15H2,1-2H3,(H,28,33)(H,29,34). The molecule has 0 spiro atoms. The number of benzene rings is 2. The Morgan fingerprint density at radius 2 is 1.83 bits per heavy atom. The third kappa shape index (κ3) is 4.95. The second kappa shape index (κ2) is 9.61. The van der Waals surface area contributed by atoms with Gasteiger partial charge < -0.3 is 15.4 Å². The fourth-order valence-corrected chi connectivity index (χ4v) is 4.00. The molecule has 1 saturated carbocycles. The van der Waals surface area contributed by atoms with E-state index in [9.17, 15) is 14.4 Å². The molecule has 2 aromatic heterocycles. The van der Waals surface area contributed by atoms with Crippen molar-refractivity contribution < 1.29 is 19.1 Å². The van der Waals surface area contributed by atoms with Crippen molar-refractivity contribution in [3.05, 3.63) is 77.5 Å². The second-order valence-electron chi connectivity index (χ2n) is 8.78. The molecule has 1 aliphatic rings. The molecule has 9 nitrogen and oxygen atoms in total. The molecule has 9 heteroatoms. The Bertz CT molecular complexity index is 1470. The summed E-state index contributed by atoms with van der Waals surface area (Å²) in [6.07, 6.45) is 1.98. The Hall–Kier alpha value is -4.53. The minimum absolute atomic E-state index is 0.178. The molecule has 0 radical (unpaired) electrons. The molecular formula is C27H25N5O4. The number of aryl methyl sites for hydroxylation is 2. The summed E-state index contributed by atoms with van der Waals surface area (Å²) in [6.45, 7) is 1.31. The Labute approximate surface area is 207 Å². The molecule has 0 aliphatic heterocycles. The molecule has 1 aliphatic carbocycles. The van der Waals surface area contributed by atoms with Crippen LogP contribution >= 0.6 is 0 Å². The first-order valence-corrected chi connectivity index (χ1v) is 11.7. The highest BCUT2D eigenvalue weighted by atomic mass is 16.5. The van der Waals surface area contributed by atoms with Gasteiger partial charge in [0, 0.05) is 29.9 Å². The molecular weight excluding hydrogens is 458 g/mol. The van der Waals surface area contributed by atoms with Gasteiger partial charge in [-0.2, -0.15) is 5.10 Å². The lowest BCUT2D eigenvalue weighted by Gasteiger charge is -2.10. The van der Waals surface area contributed by atoms with E-state index in [0.29, 0.717) is 33.7 Å². The molecule has 2 amide bonds. The predicted octanol–water partition coefficient (Wildman–Crippen LogP) is 3.63. The molecule has 1 fully saturated rings. The van der Waals surface area contributed by atoms with Crippen LogP contribution in [0.4, 0.5) is 5.69 Å². The fraction of sp³-hybridized carbons (Fsp3) is 0.222. The van der Waals surface area contributed by atoms with Crippen LogP contribution in [0.5, 0.6) is 0 Å². The van der Waals surface area contributed by atoms with E-state index in [4.69, 9.17) is 4.74 Å². The summed E-state index contributed by atoms with van der Waals surface area (Å²) >= 11 is 0. The van der Waals surface area contributed by atoms with Gasteiger partial charge in [0.05, 0.1) is 22.3 Å². The fourth-order valence-electron chi connectivity index (χ4n) is 4.00. The van der Waals surface area contributed by atoms with Crippen molar-refractivity contribution in [2.45, 2.75) is 25.8 Å². The monoisotopic (exact) mass is 483 g/mol. The SMILES string of the molecule is Cc1nn(C)c2nc(-c3ccccc3)cc(C(=O)OCC(=O)Nc3cccc(C(=O)NC4CC4)c3)c12. The van der Waals surface area contributed by atoms with Gasteiger partial charge in [-0.25, -0.2) is 9.78 Å². The number of ether oxygens (including phenoxy) is 1. The minimum Gasteiger partial charge on any atom is -0.452 e. The number of carbonyl (C=O) groups excluding carboxylic acids is 3. The Balaban J connectivity index is 1.31. The van der Waals surface area contributed by atoms with Gasteiger partial charge >= 0.3 is 5.97 Å². The molecule has 0 atom stereocenters. The predicted molar refractivity (Wildman–Crippen MR) is 135 cm³/mol. The normalized spacial score (nSPS) is 12.8. The molecule has 2 heterocycles. The number of fused-ring (bicyclic) bond motifs is 1. The van der Waals surface area contributed by atoms with Crippen LogP contribution in [0, 0.1) is 6.92 Å². The molecule has 0 saturated heterocycles. The van der Waals surface area contributed by atoms with Crippen LogP contribution in [0.3, 0.4) is 0 Å². The average Bonchev–Trinajstić information content (AvgIpc) is 3.65. The minimum atomic E-state index is -0.650. The van der Waals surface area contributed by atoms with Crippen molar-refractivity contribution >= 4 is 34.5 Å². The largest absolute Gasteiger partial charge is 0.452 e. The number of nitrogens with one attached hydrogen (secondary N) is 2. The van der Waals surface area contributed by atoms with Crippen LogP contribution < -0.4 is 10.6 Å². The number of nitrogens with zero attached hydrogens (tertiary/aromatic N) is 3. The second-order valence-corrected chi connectivity index (χ2v) is 8.78. The summed E-state index contributed by atoms with van der Waals surface area (Å²) in [4.78, 5) is 42.6. The zero-order valence-electron chi connectivity index (χ0n) is 19.9.